The Kier molecular flexibility index (Phi) is 5.48. The number of anilines is 1. The zero-order chi connectivity index (χ0) is 16.7. The van der Waals surface area contributed by atoms with Crippen molar-refractivity contribution in [1.82, 2.24) is 5.32 Å². The second kappa shape index (κ2) is 7.76. The zero-order valence-corrected chi connectivity index (χ0v) is 13.1. The van der Waals surface area contributed by atoms with Gasteiger partial charge in [-0.05, 0) is 35.9 Å². The van der Waals surface area contributed by atoms with Crippen LogP contribution in [0.1, 0.15) is 11.1 Å². The Hall–Kier alpha value is -3.13. The van der Waals surface area contributed by atoms with E-state index < -0.39 is 0 Å². The summed E-state index contributed by atoms with van der Waals surface area (Å²) in [7, 11) is 3.15. The molecule has 5 nitrogen and oxygen atoms in total. The average Bonchev–Trinajstić information content (AvgIpc) is 2.59. The van der Waals surface area contributed by atoms with E-state index in [1.165, 1.54) is 0 Å². The van der Waals surface area contributed by atoms with Crippen LogP contribution in [-0.2, 0) is 6.54 Å². The van der Waals surface area contributed by atoms with Crippen molar-refractivity contribution in [3.63, 3.8) is 0 Å². The molecular formula is C18H18N2O3. The molecule has 0 aliphatic carbocycles. The van der Waals surface area contributed by atoms with Crippen LogP contribution in [0, 0.1) is 12.3 Å². The number of ether oxygens (including phenoxy) is 2. The van der Waals surface area contributed by atoms with E-state index in [9.17, 15) is 4.79 Å². The number of nitrogens with one attached hydrogen (secondary N) is 2. The Labute approximate surface area is 135 Å². The molecular weight excluding hydrogens is 292 g/mol. The molecule has 0 bridgehead atoms. The van der Waals surface area contributed by atoms with E-state index in [1.54, 1.807) is 44.6 Å². The number of terminal acetylenes is 1. The number of methoxy groups -OCH3 is 2. The highest BCUT2D eigenvalue weighted by Crippen LogP contribution is 2.27. The maximum atomic E-state index is 11.9. The molecule has 0 aliphatic rings. The third-order valence-corrected chi connectivity index (χ3v) is 3.19. The van der Waals surface area contributed by atoms with Crippen molar-refractivity contribution in [3.8, 4) is 23.8 Å². The maximum Gasteiger partial charge on any atom is 0.319 e. The summed E-state index contributed by atoms with van der Waals surface area (Å²) in [5.41, 5.74) is 2.25. The van der Waals surface area contributed by atoms with Crippen LogP contribution in [0.5, 0.6) is 11.5 Å². The Balaban J connectivity index is 1.95. The predicted molar refractivity (Wildman–Crippen MR) is 89.8 cm³/mol. The second-order valence-corrected chi connectivity index (χ2v) is 4.72. The first kappa shape index (κ1) is 16.2. The number of carbonyl (C=O) groups is 1. The fourth-order valence-corrected chi connectivity index (χ4v) is 2.03. The van der Waals surface area contributed by atoms with E-state index in [0.717, 1.165) is 5.56 Å². The molecule has 0 saturated carbocycles. The molecule has 2 aromatic carbocycles. The molecule has 118 valence electrons. The number of hydrogen-bond donors (Lipinski definition) is 2. The van der Waals surface area contributed by atoms with Gasteiger partial charge in [-0.25, -0.2) is 4.79 Å². The molecule has 0 fully saturated rings. The van der Waals surface area contributed by atoms with Crippen molar-refractivity contribution >= 4 is 11.7 Å². The van der Waals surface area contributed by atoms with Gasteiger partial charge in [-0.15, -0.1) is 6.42 Å². The molecule has 0 atom stereocenters. The van der Waals surface area contributed by atoms with Crippen LogP contribution in [0.3, 0.4) is 0 Å². The maximum absolute atomic E-state index is 11.9. The smallest absolute Gasteiger partial charge is 0.319 e. The van der Waals surface area contributed by atoms with Crippen molar-refractivity contribution < 1.29 is 14.3 Å². The van der Waals surface area contributed by atoms with Crippen LogP contribution in [-0.4, -0.2) is 20.3 Å². The molecule has 2 aromatic rings. The Morgan fingerprint density at radius 2 is 1.91 bits per heavy atom. The number of amides is 2. The molecule has 2 amide bonds. The van der Waals surface area contributed by atoms with Crippen molar-refractivity contribution in [3.05, 3.63) is 53.6 Å². The minimum Gasteiger partial charge on any atom is -0.493 e. The molecule has 0 unspecified atom stereocenters. The SMILES string of the molecule is C#Cc1cccc(NC(=O)NCc2ccc(OC)c(OC)c2)c1. The molecule has 0 aliphatic heterocycles. The average molecular weight is 310 g/mol. The lowest BCUT2D eigenvalue weighted by Gasteiger charge is -2.11. The Morgan fingerprint density at radius 1 is 1.13 bits per heavy atom. The Morgan fingerprint density at radius 3 is 2.61 bits per heavy atom. The summed E-state index contributed by atoms with van der Waals surface area (Å²) in [6.45, 7) is 0.362. The summed E-state index contributed by atoms with van der Waals surface area (Å²) in [4.78, 5) is 11.9. The van der Waals surface area contributed by atoms with Gasteiger partial charge in [0.05, 0.1) is 14.2 Å². The lowest BCUT2D eigenvalue weighted by atomic mass is 10.2. The number of urea groups is 1. The summed E-state index contributed by atoms with van der Waals surface area (Å²) in [6.07, 6.45) is 5.33. The van der Waals surface area contributed by atoms with Gasteiger partial charge in [0, 0.05) is 17.8 Å². The van der Waals surface area contributed by atoms with Gasteiger partial charge in [0.1, 0.15) is 0 Å². The summed E-state index contributed by atoms with van der Waals surface area (Å²) >= 11 is 0. The topological polar surface area (TPSA) is 59.6 Å². The van der Waals surface area contributed by atoms with Gasteiger partial charge in [0.2, 0.25) is 0 Å². The zero-order valence-electron chi connectivity index (χ0n) is 13.1. The van der Waals surface area contributed by atoms with Gasteiger partial charge in [-0.2, -0.15) is 0 Å². The van der Waals surface area contributed by atoms with Gasteiger partial charge in [-0.3, -0.25) is 0 Å². The summed E-state index contributed by atoms with van der Waals surface area (Å²) in [5.74, 6) is 3.79. The van der Waals surface area contributed by atoms with Gasteiger partial charge < -0.3 is 20.1 Å². The Bertz CT molecular complexity index is 735. The van der Waals surface area contributed by atoms with Crippen molar-refractivity contribution in [1.29, 1.82) is 0 Å². The van der Waals surface area contributed by atoms with Crippen LogP contribution in [0.2, 0.25) is 0 Å². The van der Waals surface area contributed by atoms with Crippen molar-refractivity contribution in [2.75, 3.05) is 19.5 Å². The van der Waals surface area contributed by atoms with Crippen LogP contribution in [0.4, 0.5) is 10.5 Å². The van der Waals surface area contributed by atoms with E-state index >= 15 is 0 Å². The first-order chi connectivity index (χ1) is 11.2. The largest absolute Gasteiger partial charge is 0.493 e. The summed E-state index contributed by atoms with van der Waals surface area (Å²) in [6, 6.07) is 12.3. The minimum atomic E-state index is -0.311. The number of benzene rings is 2. The normalized spacial score (nSPS) is 9.61. The highest BCUT2D eigenvalue weighted by molar-refractivity contribution is 5.89. The minimum absolute atomic E-state index is 0.311. The molecule has 2 rings (SSSR count). The third kappa shape index (κ3) is 4.42. The number of hydrogen-bond acceptors (Lipinski definition) is 3. The molecule has 0 aromatic heterocycles. The molecule has 0 heterocycles. The standard InChI is InChI=1S/C18H18N2O3/c1-4-13-6-5-7-15(10-13)20-18(21)19-12-14-8-9-16(22-2)17(11-14)23-3/h1,5-11H,12H2,2-3H3,(H2,19,20,21). The van der Waals surface area contributed by atoms with E-state index in [0.29, 0.717) is 29.3 Å². The van der Waals surface area contributed by atoms with Crippen LogP contribution < -0.4 is 20.1 Å². The summed E-state index contributed by atoms with van der Waals surface area (Å²) in [5, 5.41) is 5.51. The van der Waals surface area contributed by atoms with E-state index in [-0.39, 0.29) is 6.03 Å². The van der Waals surface area contributed by atoms with Gasteiger partial charge in [0.25, 0.3) is 0 Å². The fraction of sp³-hybridized carbons (Fsp3) is 0.167. The highest BCUT2D eigenvalue weighted by atomic mass is 16.5. The molecule has 0 radical (unpaired) electrons. The van der Waals surface area contributed by atoms with Crippen LogP contribution >= 0.6 is 0 Å². The molecule has 0 spiro atoms. The fourth-order valence-electron chi connectivity index (χ4n) is 2.03. The van der Waals surface area contributed by atoms with Gasteiger partial charge in [-0.1, -0.05) is 18.1 Å². The number of rotatable bonds is 5. The lowest BCUT2D eigenvalue weighted by Crippen LogP contribution is -2.28. The van der Waals surface area contributed by atoms with Gasteiger partial charge >= 0.3 is 6.03 Å². The highest BCUT2D eigenvalue weighted by Gasteiger charge is 2.06. The van der Waals surface area contributed by atoms with E-state index in [2.05, 4.69) is 16.6 Å². The predicted octanol–water partition coefficient (Wildman–Crippen LogP) is 3.01. The molecule has 2 N–H and O–H groups in total. The number of carbonyl (C=O) groups excluding carboxylic acids is 1. The van der Waals surface area contributed by atoms with Crippen LogP contribution in [0.15, 0.2) is 42.5 Å². The monoisotopic (exact) mass is 310 g/mol. The molecule has 5 heteroatoms. The first-order valence-corrected chi connectivity index (χ1v) is 6.98. The van der Waals surface area contributed by atoms with Crippen molar-refractivity contribution in [2.24, 2.45) is 0 Å². The van der Waals surface area contributed by atoms with Gasteiger partial charge in [0.15, 0.2) is 11.5 Å². The first-order valence-electron chi connectivity index (χ1n) is 6.98. The van der Waals surface area contributed by atoms with Crippen molar-refractivity contribution in [2.45, 2.75) is 6.54 Å². The molecule has 0 saturated heterocycles. The van der Waals surface area contributed by atoms with Crippen LogP contribution in [0.25, 0.3) is 0 Å². The molecule has 23 heavy (non-hydrogen) atoms. The second-order valence-electron chi connectivity index (χ2n) is 4.72. The van der Waals surface area contributed by atoms with E-state index in [4.69, 9.17) is 15.9 Å². The third-order valence-electron chi connectivity index (χ3n) is 3.19. The summed E-state index contributed by atoms with van der Waals surface area (Å²) < 4.78 is 10.4. The van der Waals surface area contributed by atoms with E-state index in [1.807, 2.05) is 12.1 Å². The quantitative estimate of drug-likeness (QED) is 0.835. The lowest BCUT2D eigenvalue weighted by molar-refractivity contribution is 0.251.